The first-order valence-electron chi connectivity index (χ1n) is 1.10. The molecule has 0 bridgehead atoms. The smallest absolute Gasteiger partial charge is 0 e. The molecule has 0 spiro atoms. The molecule has 10 heteroatoms. The third kappa shape index (κ3) is 154. The topological polar surface area (TPSA) is 157 Å². The molecule has 0 N–H and O–H groups in total. The summed E-state index contributed by atoms with van der Waals surface area (Å²) in [6.45, 7) is 0. The molecule has 0 aromatic heterocycles. The van der Waals surface area contributed by atoms with Crippen LogP contribution in [0.5, 0.6) is 0 Å². The third-order valence-electron chi connectivity index (χ3n) is 0. The van der Waals surface area contributed by atoms with Gasteiger partial charge in [-0.05, 0) is 0 Å². The Morgan fingerprint density at radius 2 is 0.700 bits per heavy atom. The zero-order valence-corrected chi connectivity index (χ0v) is 5.64. The van der Waals surface area contributed by atoms with Gasteiger partial charge in [0.15, 0.2) is 0 Å². The molecule has 1 radical (unpaired) electrons. The van der Waals surface area contributed by atoms with Crippen LogP contribution in [-0.2, 0) is 18.6 Å². The van der Waals surface area contributed by atoms with E-state index < -0.39 is 0 Å². The van der Waals surface area contributed by atoms with Crippen molar-refractivity contribution in [2.45, 2.75) is 0 Å². The molecule has 0 aliphatic heterocycles. The summed E-state index contributed by atoms with van der Waals surface area (Å²) in [7, 11) is 0. The van der Waals surface area contributed by atoms with E-state index in [4.69, 9.17) is 30.3 Å². The Morgan fingerprint density at radius 1 is 0.700 bits per heavy atom. The van der Waals surface area contributed by atoms with Crippen LogP contribution in [0.2, 0.25) is 0 Å². The number of hydrogen-bond donors (Lipinski definition) is 0. The molecule has 0 aromatic carbocycles. The van der Waals surface area contributed by atoms with Crippen molar-refractivity contribution in [1.82, 2.24) is 0 Å². The van der Waals surface area contributed by atoms with Crippen molar-refractivity contribution in [2.75, 3.05) is 0 Å². The molecule has 0 fully saturated rings. The fourth-order valence-electron chi connectivity index (χ4n) is 0. The van der Waals surface area contributed by atoms with Crippen LogP contribution in [0.1, 0.15) is 0 Å². The van der Waals surface area contributed by atoms with Gasteiger partial charge in [0, 0.05) is 18.6 Å². The number of nitrogens with zero attached hydrogens (tertiary/aromatic N) is 3. The summed E-state index contributed by atoms with van der Waals surface area (Å²) >= 11 is 0. The minimum atomic E-state index is 0. The molecule has 0 heterocycles. The monoisotopic (exact) mass is 189 g/mol. The molecule has 0 atom stereocenters. The SMILES string of the molecule is O=N[O-].O=N[O-].O=N[O-].[V]. The van der Waals surface area contributed by atoms with Gasteiger partial charge in [-0.15, -0.1) is 16.0 Å². The molecule has 10 heavy (non-hydrogen) atoms. The van der Waals surface area contributed by atoms with Gasteiger partial charge in [-0.1, -0.05) is 0 Å². The second-order valence-electron chi connectivity index (χ2n) is 0.224. The van der Waals surface area contributed by atoms with Crippen LogP contribution in [0.15, 0.2) is 16.0 Å². The molecule has 0 rings (SSSR count). The van der Waals surface area contributed by atoms with Crippen LogP contribution in [-0.4, -0.2) is 0 Å². The zero-order chi connectivity index (χ0) is 8.12. The maximum Gasteiger partial charge on any atom is 0 e. The van der Waals surface area contributed by atoms with Crippen LogP contribution in [0.25, 0.3) is 0 Å². The van der Waals surface area contributed by atoms with Gasteiger partial charge in [-0.3, -0.25) is 0 Å². The van der Waals surface area contributed by atoms with Crippen molar-refractivity contribution >= 4 is 0 Å². The van der Waals surface area contributed by atoms with Gasteiger partial charge < -0.3 is 30.3 Å². The largest absolute Gasteiger partial charge is 0.444 e. The van der Waals surface area contributed by atoms with E-state index in [-0.39, 0.29) is 18.6 Å². The Balaban J connectivity index is -0.0000000257. The van der Waals surface area contributed by atoms with Crippen LogP contribution >= 0.6 is 0 Å². The normalized spacial score (nSPS) is 3.60. The summed E-state index contributed by atoms with van der Waals surface area (Å²) in [5.74, 6) is 0. The van der Waals surface area contributed by atoms with Crippen molar-refractivity contribution in [3.63, 3.8) is 0 Å². The van der Waals surface area contributed by atoms with E-state index in [1.165, 1.54) is 0 Å². The summed E-state index contributed by atoms with van der Waals surface area (Å²) < 4.78 is 0. The zero-order valence-electron chi connectivity index (χ0n) is 4.24. The van der Waals surface area contributed by atoms with Crippen LogP contribution < -0.4 is 0 Å². The molecular formula is N3O6V-3. The second-order valence-corrected chi connectivity index (χ2v) is 0.224. The minimum Gasteiger partial charge on any atom is -0.444 e. The van der Waals surface area contributed by atoms with E-state index in [0.29, 0.717) is 0 Å². The van der Waals surface area contributed by atoms with Crippen molar-refractivity contribution in [3.05, 3.63) is 30.3 Å². The van der Waals surface area contributed by atoms with E-state index in [1.54, 1.807) is 0 Å². The maximum atomic E-state index is 8.00. The Morgan fingerprint density at radius 3 is 0.700 bits per heavy atom. The fraction of sp³-hybridized carbons (Fsp3) is 0. The van der Waals surface area contributed by atoms with Gasteiger partial charge in [0.1, 0.15) is 0 Å². The van der Waals surface area contributed by atoms with Gasteiger partial charge >= 0.3 is 0 Å². The van der Waals surface area contributed by atoms with Gasteiger partial charge in [0.05, 0.1) is 0 Å². The first-order chi connectivity index (χ1) is 4.24. The molecule has 59 valence electrons. The molecule has 0 aliphatic rings. The van der Waals surface area contributed by atoms with Crippen molar-refractivity contribution < 1.29 is 18.6 Å². The van der Waals surface area contributed by atoms with Crippen LogP contribution in [0, 0.1) is 30.3 Å². The summed E-state index contributed by atoms with van der Waals surface area (Å²) in [5, 5.41) is 27.0. The van der Waals surface area contributed by atoms with Gasteiger partial charge in [0.25, 0.3) is 0 Å². The summed E-state index contributed by atoms with van der Waals surface area (Å²) in [6.07, 6.45) is 0. The van der Waals surface area contributed by atoms with Gasteiger partial charge in [0.2, 0.25) is 0 Å². The molecule has 0 saturated carbocycles. The predicted molar refractivity (Wildman–Crippen MR) is 27.5 cm³/mol. The van der Waals surface area contributed by atoms with E-state index in [9.17, 15) is 0 Å². The standard InChI is InChI=1S/3HNO2.V/c3*2-1-3;/h3*(H,2,3);/p-3. The van der Waals surface area contributed by atoms with Crippen LogP contribution in [0.4, 0.5) is 0 Å². The first-order valence-corrected chi connectivity index (χ1v) is 1.10. The molecule has 0 saturated heterocycles. The van der Waals surface area contributed by atoms with Gasteiger partial charge in [-0.2, -0.15) is 0 Å². The van der Waals surface area contributed by atoms with Gasteiger partial charge in [-0.25, -0.2) is 0 Å². The maximum absolute atomic E-state index is 8.00. The molecule has 0 aliphatic carbocycles. The molecule has 9 nitrogen and oxygen atoms in total. The average molecular weight is 189 g/mol. The quantitative estimate of drug-likeness (QED) is 0.403. The van der Waals surface area contributed by atoms with E-state index in [1.807, 2.05) is 0 Å². The predicted octanol–water partition coefficient (Wildman–Crippen LogP) is 0.749. The van der Waals surface area contributed by atoms with E-state index in [2.05, 4.69) is 0 Å². The fourth-order valence-corrected chi connectivity index (χ4v) is 0. The van der Waals surface area contributed by atoms with E-state index >= 15 is 0 Å². The Hall–Kier alpha value is -1.22. The molecule has 0 amide bonds. The molecule has 0 unspecified atom stereocenters. The molecule has 0 aromatic rings. The minimum absolute atomic E-state index is 0. The number of rotatable bonds is 0. The van der Waals surface area contributed by atoms with E-state index in [0.717, 1.165) is 16.0 Å². The van der Waals surface area contributed by atoms with Crippen molar-refractivity contribution in [3.8, 4) is 0 Å². The second kappa shape index (κ2) is 113. The first kappa shape index (κ1) is 23.3. The Labute approximate surface area is 65.7 Å². The number of hydrogen-bond acceptors (Lipinski definition) is 9. The Kier molecular flexibility index (Phi) is 262. The van der Waals surface area contributed by atoms with Crippen LogP contribution in [0.3, 0.4) is 0 Å². The summed E-state index contributed by atoms with van der Waals surface area (Å²) in [5.41, 5.74) is 0. The summed E-state index contributed by atoms with van der Waals surface area (Å²) in [4.78, 5) is 24.0. The van der Waals surface area contributed by atoms with Crippen molar-refractivity contribution in [2.24, 2.45) is 16.0 Å². The molecular weight excluding hydrogens is 189 g/mol. The third-order valence-corrected chi connectivity index (χ3v) is 0. The average Bonchev–Trinajstić information content (AvgIpc) is 1.70. The summed E-state index contributed by atoms with van der Waals surface area (Å²) in [6, 6.07) is 0. The van der Waals surface area contributed by atoms with Crippen molar-refractivity contribution in [1.29, 1.82) is 0 Å². The Bertz CT molecular complexity index is 49.7.